The standard InChI is InChI=1S/C14H14N4O3/c1-2-18-9-11(8-16-18)17-14(21)12-5-6-15-7-10(12)3-4-13(19)20/h3-9H,2H2,1H3,(H,17,21)(H,19,20). The van der Waals surface area contributed by atoms with E-state index in [1.54, 1.807) is 17.1 Å². The zero-order chi connectivity index (χ0) is 15.2. The molecule has 0 aliphatic carbocycles. The predicted octanol–water partition coefficient (Wildman–Crippen LogP) is 1.65. The van der Waals surface area contributed by atoms with Crippen LogP contribution in [0.5, 0.6) is 0 Å². The number of carboxylic acids is 1. The normalized spacial score (nSPS) is 10.7. The quantitative estimate of drug-likeness (QED) is 0.814. The van der Waals surface area contributed by atoms with Crippen LogP contribution in [0.1, 0.15) is 22.8 Å². The van der Waals surface area contributed by atoms with Crippen LogP contribution in [-0.2, 0) is 11.3 Å². The Balaban J connectivity index is 2.20. The van der Waals surface area contributed by atoms with Gasteiger partial charge < -0.3 is 10.4 Å². The summed E-state index contributed by atoms with van der Waals surface area (Å²) in [6.45, 7) is 2.65. The molecule has 2 aromatic heterocycles. The average Bonchev–Trinajstić information content (AvgIpc) is 2.93. The van der Waals surface area contributed by atoms with Crippen LogP contribution in [0.15, 0.2) is 36.9 Å². The minimum absolute atomic E-state index is 0.340. The fourth-order valence-corrected chi connectivity index (χ4v) is 1.71. The number of amides is 1. The van der Waals surface area contributed by atoms with E-state index in [-0.39, 0.29) is 5.91 Å². The smallest absolute Gasteiger partial charge is 0.328 e. The van der Waals surface area contributed by atoms with Gasteiger partial charge in [0, 0.05) is 42.3 Å². The van der Waals surface area contributed by atoms with Gasteiger partial charge in [-0.15, -0.1) is 0 Å². The van der Waals surface area contributed by atoms with E-state index in [0.717, 1.165) is 6.08 Å². The maximum absolute atomic E-state index is 12.2. The second-order valence-electron chi connectivity index (χ2n) is 4.17. The van der Waals surface area contributed by atoms with E-state index < -0.39 is 5.97 Å². The van der Waals surface area contributed by atoms with Crippen molar-refractivity contribution >= 4 is 23.6 Å². The molecule has 0 spiro atoms. The average molecular weight is 286 g/mol. The molecular weight excluding hydrogens is 272 g/mol. The molecule has 7 heteroatoms. The molecule has 0 unspecified atom stereocenters. The van der Waals surface area contributed by atoms with Crippen LogP contribution in [-0.4, -0.2) is 31.7 Å². The number of hydrogen-bond donors (Lipinski definition) is 2. The Kier molecular flexibility index (Phi) is 4.45. The number of carbonyl (C=O) groups is 2. The summed E-state index contributed by atoms with van der Waals surface area (Å²) < 4.78 is 1.69. The van der Waals surface area contributed by atoms with Crippen molar-refractivity contribution < 1.29 is 14.7 Å². The van der Waals surface area contributed by atoms with Gasteiger partial charge in [0.1, 0.15) is 0 Å². The highest BCUT2D eigenvalue weighted by Gasteiger charge is 2.11. The Morgan fingerprint density at radius 2 is 2.24 bits per heavy atom. The van der Waals surface area contributed by atoms with Crippen LogP contribution in [0, 0.1) is 0 Å². The van der Waals surface area contributed by atoms with Crippen LogP contribution in [0.4, 0.5) is 5.69 Å². The van der Waals surface area contributed by atoms with Crippen LogP contribution in [0.3, 0.4) is 0 Å². The number of hydrogen-bond acceptors (Lipinski definition) is 4. The first-order valence-corrected chi connectivity index (χ1v) is 6.29. The van der Waals surface area contributed by atoms with Crippen LogP contribution in [0.25, 0.3) is 6.08 Å². The number of carbonyl (C=O) groups excluding carboxylic acids is 1. The summed E-state index contributed by atoms with van der Waals surface area (Å²) in [5, 5.41) is 15.4. The number of pyridine rings is 1. The molecule has 21 heavy (non-hydrogen) atoms. The largest absolute Gasteiger partial charge is 0.478 e. The monoisotopic (exact) mass is 286 g/mol. The molecular formula is C14H14N4O3. The predicted molar refractivity (Wildman–Crippen MR) is 76.8 cm³/mol. The summed E-state index contributed by atoms with van der Waals surface area (Å²) in [5.74, 6) is -1.44. The molecule has 0 aliphatic rings. The van der Waals surface area contributed by atoms with Gasteiger partial charge in [0.2, 0.25) is 0 Å². The van der Waals surface area contributed by atoms with E-state index in [1.807, 2.05) is 6.92 Å². The molecule has 0 aromatic carbocycles. The molecule has 1 amide bonds. The number of aliphatic carboxylic acids is 1. The lowest BCUT2D eigenvalue weighted by Gasteiger charge is -2.05. The molecule has 2 aromatic rings. The van der Waals surface area contributed by atoms with Crippen molar-refractivity contribution in [2.45, 2.75) is 13.5 Å². The highest BCUT2D eigenvalue weighted by atomic mass is 16.4. The van der Waals surface area contributed by atoms with Crippen LogP contribution < -0.4 is 5.32 Å². The number of aromatic nitrogens is 3. The minimum Gasteiger partial charge on any atom is -0.478 e. The lowest BCUT2D eigenvalue weighted by molar-refractivity contribution is -0.131. The van der Waals surface area contributed by atoms with E-state index in [4.69, 9.17) is 5.11 Å². The fraction of sp³-hybridized carbons (Fsp3) is 0.143. The number of nitrogens with one attached hydrogen (secondary N) is 1. The minimum atomic E-state index is -1.09. The van der Waals surface area contributed by atoms with Gasteiger partial charge in [-0.2, -0.15) is 5.10 Å². The van der Waals surface area contributed by atoms with Gasteiger partial charge in [0.15, 0.2) is 0 Å². The fourth-order valence-electron chi connectivity index (χ4n) is 1.71. The van der Waals surface area contributed by atoms with Crippen molar-refractivity contribution in [1.82, 2.24) is 14.8 Å². The molecule has 108 valence electrons. The third-order valence-electron chi connectivity index (χ3n) is 2.72. The Labute approximate surface area is 120 Å². The number of rotatable bonds is 5. The van der Waals surface area contributed by atoms with Crippen molar-refractivity contribution in [3.63, 3.8) is 0 Å². The first kappa shape index (κ1) is 14.4. The maximum atomic E-state index is 12.2. The first-order chi connectivity index (χ1) is 10.1. The second-order valence-corrected chi connectivity index (χ2v) is 4.17. The summed E-state index contributed by atoms with van der Waals surface area (Å²) in [5.41, 5.74) is 1.35. The summed E-state index contributed by atoms with van der Waals surface area (Å²) >= 11 is 0. The van der Waals surface area contributed by atoms with Gasteiger partial charge in [-0.1, -0.05) is 0 Å². The summed E-state index contributed by atoms with van der Waals surface area (Å²) in [7, 11) is 0. The van der Waals surface area contributed by atoms with Crippen LogP contribution in [0.2, 0.25) is 0 Å². The topological polar surface area (TPSA) is 97.1 Å². The molecule has 0 bridgehead atoms. The molecule has 2 heterocycles. The SMILES string of the molecule is CCn1cc(NC(=O)c2ccncc2C=CC(=O)O)cn1. The molecule has 0 radical (unpaired) electrons. The van der Waals surface area contributed by atoms with Gasteiger partial charge in [0.05, 0.1) is 11.9 Å². The van der Waals surface area contributed by atoms with E-state index in [2.05, 4.69) is 15.4 Å². The van der Waals surface area contributed by atoms with E-state index in [0.29, 0.717) is 23.4 Å². The summed E-state index contributed by atoms with van der Waals surface area (Å²) in [6.07, 6.45) is 8.47. The third-order valence-corrected chi connectivity index (χ3v) is 2.72. The summed E-state index contributed by atoms with van der Waals surface area (Å²) in [6, 6.07) is 1.53. The highest BCUT2D eigenvalue weighted by Crippen LogP contribution is 2.13. The molecule has 2 N–H and O–H groups in total. The van der Waals surface area contributed by atoms with Crippen molar-refractivity contribution in [3.8, 4) is 0 Å². The Morgan fingerprint density at radius 1 is 1.43 bits per heavy atom. The number of carboxylic acid groups (broad SMARTS) is 1. The lowest BCUT2D eigenvalue weighted by atomic mass is 10.1. The summed E-state index contributed by atoms with van der Waals surface area (Å²) in [4.78, 5) is 26.7. The van der Waals surface area contributed by atoms with E-state index in [1.165, 1.54) is 24.5 Å². The molecule has 0 saturated carbocycles. The first-order valence-electron chi connectivity index (χ1n) is 6.29. The number of aryl methyl sites for hydroxylation is 1. The van der Waals surface area contributed by atoms with Gasteiger partial charge >= 0.3 is 5.97 Å². The molecule has 0 aliphatic heterocycles. The van der Waals surface area contributed by atoms with Crippen LogP contribution >= 0.6 is 0 Å². The van der Waals surface area contributed by atoms with E-state index >= 15 is 0 Å². The second kappa shape index (κ2) is 6.47. The molecule has 2 rings (SSSR count). The van der Waals surface area contributed by atoms with Gasteiger partial charge in [-0.3, -0.25) is 14.5 Å². The Bertz CT molecular complexity index is 691. The molecule has 7 nitrogen and oxygen atoms in total. The third kappa shape index (κ3) is 3.75. The van der Waals surface area contributed by atoms with Gasteiger partial charge in [-0.25, -0.2) is 4.79 Å². The van der Waals surface area contributed by atoms with E-state index in [9.17, 15) is 9.59 Å². The maximum Gasteiger partial charge on any atom is 0.328 e. The number of anilines is 1. The zero-order valence-electron chi connectivity index (χ0n) is 11.4. The highest BCUT2D eigenvalue weighted by molar-refractivity contribution is 6.06. The molecule has 0 saturated heterocycles. The number of nitrogens with zero attached hydrogens (tertiary/aromatic N) is 3. The van der Waals surface area contributed by atoms with Crippen molar-refractivity contribution in [3.05, 3.63) is 48.1 Å². The molecule has 0 fully saturated rings. The molecule has 0 atom stereocenters. The lowest BCUT2D eigenvalue weighted by Crippen LogP contribution is -2.13. The Morgan fingerprint density at radius 3 is 2.90 bits per heavy atom. The van der Waals surface area contributed by atoms with Crippen molar-refractivity contribution in [1.29, 1.82) is 0 Å². The van der Waals surface area contributed by atoms with Crippen molar-refractivity contribution in [2.24, 2.45) is 0 Å². The van der Waals surface area contributed by atoms with Gasteiger partial charge in [-0.05, 0) is 19.1 Å². The Hall–Kier alpha value is -2.96. The van der Waals surface area contributed by atoms with Crippen molar-refractivity contribution in [2.75, 3.05) is 5.32 Å². The van der Waals surface area contributed by atoms with Gasteiger partial charge in [0.25, 0.3) is 5.91 Å². The zero-order valence-corrected chi connectivity index (χ0v) is 11.4.